The average molecular weight is 344 g/mol. The first-order chi connectivity index (χ1) is 12.6. The van der Waals surface area contributed by atoms with Gasteiger partial charge in [-0.2, -0.15) is 5.26 Å². The molecule has 0 radical (unpaired) electrons. The maximum absolute atomic E-state index is 12.4. The van der Waals surface area contributed by atoms with Crippen molar-refractivity contribution in [1.29, 1.82) is 5.26 Å². The zero-order valence-corrected chi connectivity index (χ0v) is 13.5. The van der Waals surface area contributed by atoms with Crippen molar-refractivity contribution in [1.82, 2.24) is 0 Å². The van der Waals surface area contributed by atoms with Crippen molar-refractivity contribution in [3.8, 4) is 17.4 Å². The lowest BCUT2D eigenvalue weighted by Gasteiger charge is -1.99. The third-order valence-electron chi connectivity index (χ3n) is 3.68. The molecule has 0 N–H and O–H groups in total. The van der Waals surface area contributed by atoms with Gasteiger partial charge in [0.25, 0.3) is 5.69 Å². The number of para-hydroxylation sites is 1. The molecule has 3 aromatic rings. The molecule has 0 unspecified atom stereocenters. The first-order valence-electron chi connectivity index (χ1n) is 7.65. The number of nitro groups is 1. The summed E-state index contributed by atoms with van der Waals surface area (Å²) in [7, 11) is 0. The van der Waals surface area contributed by atoms with Gasteiger partial charge in [0, 0.05) is 17.7 Å². The van der Waals surface area contributed by atoms with Gasteiger partial charge in [-0.15, -0.1) is 0 Å². The van der Waals surface area contributed by atoms with Crippen LogP contribution in [0.5, 0.6) is 0 Å². The molecular formula is C20H12N2O4. The molecule has 0 saturated heterocycles. The SMILES string of the molecule is N#C/C(=C\c1ccc(-c2ccccc2[N+](=O)[O-])o1)C(=O)c1ccccc1. The van der Waals surface area contributed by atoms with Crippen LogP contribution in [0, 0.1) is 21.4 Å². The summed E-state index contributed by atoms with van der Waals surface area (Å²) in [5, 5.41) is 20.4. The van der Waals surface area contributed by atoms with E-state index >= 15 is 0 Å². The van der Waals surface area contributed by atoms with Crippen LogP contribution in [0.15, 0.2) is 76.7 Å². The highest BCUT2D eigenvalue weighted by atomic mass is 16.6. The molecule has 26 heavy (non-hydrogen) atoms. The average Bonchev–Trinajstić information content (AvgIpc) is 3.14. The number of hydrogen-bond acceptors (Lipinski definition) is 5. The van der Waals surface area contributed by atoms with Crippen molar-refractivity contribution in [3.63, 3.8) is 0 Å². The number of nitro benzene ring substituents is 1. The van der Waals surface area contributed by atoms with E-state index in [1.54, 1.807) is 60.7 Å². The Bertz CT molecular complexity index is 1040. The summed E-state index contributed by atoms with van der Waals surface area (Å²) in [6.07, 6.45) is 1.33. The molecule has 0 saturated carbocycles. The smallest absolute Gasteiger partial charge is 0.280 e. The van der Waals surface area contributed by atoms with Crippen LogP contribution in [0.4, 0.5) is 5.69 Å². The Kier molecular flexibility index (Phi) is 4.72. The van der Waals surface area contributed by atoms with Gasteiger partial charge in [-0.3, -0.25) is 14.9 Å². The molecule has 0 amide bonds. The molecular weight excluding hydrogens is 332 g/mol. The van der Waals surface area contributed by atoms with Gasteiger partial charge in [0.1, 0.15) is 23.2 Å². The van der Waals surface area contributed by atoms with Crippen molar-refractivity contribution < 1.29 is 14.1 Å². The van der Waals surface area contributed by atoms with E-state index in [1.165, 1.54) is 12.1 Å². The highest BCUT2D eigenvalue weighted by molar-refractivity contribution is 6.13. The minimum absolute atomic E-state index is 0.0836. The van der Waals surface area contributed by atoms with E-state index in [1.807, 2.05) is 6.07 Å². The van der Waals surface area contributed by atoms with Crippen LogP contribution in [0.1, 0.15) is 16.1 Å². The molecule has 6 heteroatoms. The maximum Gasteiger partial charge on any atom is 0.280 e. The minimum Gasteiger partial charge on any atom is -0.456 e. The molecule has 126 valence electrons. The number of benzene rings is 2. The highest BCUT2D eigenvalue weighted by Crippen LogP contribution is 2.31. The number of Topliss-reactive ketones (excluding diaryl/α,β-unsaturated/α-hetero) is 1. The van der Waals surface area contributed by atoms with Gasteiger partial charge < -0.3 is 4.42 Å². The van der Waals surface area contributed by atoms with Gasteiger partial charge in [-0.25, -0.2) is 0 Å². The summed E-state index contributed by atoms with van der Waals surface area (Å²) in [5.74, 6) is 0.128. The Morgan fingerprint density at radius 3 is 2.42 bits per heavy atom. The Morgan fingerprint density at radius 1 is 1.04 bits per heavy atom. The third-order valence-corrected chi connectivity index (χ3v) is 3.68. The number of ketones is 1. The Labute approximate surface area is 148 Å². The lowest BCUT2D eigenvalue weighted by molar-refractivity contribution is -0.384. The van der Waals surface area contributed by atoms with Gasteiger partial charge in [0.05, 0.1) is 10.5 Å². The van der Waals surface area contributed by atoms with Crippen LogP contribution in [0.2, 0.25) is 0 Å². The number of carbonyl (C=O) groups is 1. The summed E-state index contributed by atoms with van der Waals surface area (Å²) in [5.41, 5.74) is 0.550. The third kappa shape index (κ3) is 3.42. The molecule has 0 aliphatic heterocycles. The molecule has 0 aliphatic rings. The summed E-state index contributed by atoms with van der Waals surface area (Å²) in [6, 6.07) is 19.6. The maximum atomic E-state index is 12.4. The van der Waals surface area contributed by atoms with Crippen LogP contribution >= 0.6 is 0 Å². The fraction of sp³-hybridized carbons (Fsp3) is 0. The van der Waals surface area contributed by atoms with E-state index in [9.17, 15) is 20.2 Å². The lowest BCUT2D eigenvalue weighted by atomic mass is 10.0. The zero-order chi connectivity index (χ0) is 18.5. The van der Waals surface area contributed by atoms with Crippen molar-refractivity contribution in [2.24, 2.45) is 0 Å². The molecule has 1 heterocycles. The highest BCUT2D eigenvalue weighted by Gasteiger charge is 2.18. The number of rotatable bonds is 5. The van der Waals surface area contributed by atoms with E-state index in [2.05, 4.69) is 0 Å². The topological polar surface area (TPSA) is 97.1 Å². The van der Waals surface area contributed by atoms with Gasteiger partial charge in [-0.05, 0) is 18.2 Å². The quantitative estimate of drug-likeness (QED) is 0.221. The van der Waals surface area contributed by atoms with E-state index in [4.69, 9.17) is 4.42 Å². The second kappa shape index (κ2) is 7.28. The Balaban J connectivity index is 1.95. The van der Waals surface area contributed by atoms with E-state index in [0.717, 1.165) is 0 Å². The van der Waals surface area contributed by atoms with Crippen LogP contribution < -0.4 is 0 Å². The summed E-state index contributed by atoms with van der Waals surface area (Å²) in [4.78, 5) is 23.0. The minimum atomic E-state index is -0.493. The monoisotopic (exact) mass is 344 g/mol. The number of furan rings is 1. The largest absolute Gasteiger partial charge is 0.456 e. The summed E-state index contributed by atoms with van der Waals surface area (Å²) >= 11 is 0. The standard InChI is InChI=1S/C20H12N2O4/c21-13-15(20(23)14-6-2-1-3-7-14)12-16-10-11-19(26-16)17-8-4-5-9-18(17)22(24)25/h1-12H/b15-12+. The number of nitrogens with zero attached hydrogens (tertiary/aromatic N) is 2. The molecule has 0 spiro atoms. The first kappa shape index (κ1) is 16.9. The van der Waals surface area contributed by atoms with Gasteiger partial charge in [0.2, 0.25) is 5.78 Å². The molecule has 6 nitrogen and oxygen atoms in total. The van der Waals surface area contributed by atoms with Crippen LogP contribution in [0.3, 0.4) is 0 Å². The number of allylic oxidation sites excluding steroid dienone is 1. The predicted molar refractivity (Wildman–Crippen MR) is 95.2 cm³/mol. The molecule has 0 atom stereocenters. The molecule has 0 fully saturated rings. The predicted octanol–water partition coefficient (Wildman–Crippen LogP) is 4.64. The molecule has 3 rings (SSSR count). The molecule has 1 aromatic heterocycles. The van der Waals surface area contributed by atoms with E-state index in [0.29, 0.717) is 11.1 Å². The second-order valence-electron chi connectivity index (χ2n) is 5.34. The van der Waals surface area contributed by atoms with Crippen molar-refractivity contribution >= 4 is 17.5 Å². The fourth-order valence-electron chi connectivity index (χ4n) is 2.45. The van der Waals surface area contributed by atoms with Gasteiger partial charge >= 0.3 is 0 Å². The lowest BCUT2D eigenvalue weighted by Crippen LogP contribution is -2.01. The van der Waals surface area contributed by atoms with Gasteiger partial charge in [0.15, 0.2) is 0 Å². The van der Waals surface area contributed by atoms with E-state index in [-0.39, 0.29) is 22.8 Å². The Morgan fingerprint density at radius 2 is 1.73 bits per heavy atom. The van der Waals surface area contributed by atoms with Crippen molar-refractivity contribution in [3.05, 3.63) is 93.7 Å². The normalized spacial score (nSPS) is 11.0. The fourth-order valence-corrected chi connectivity index (χ4v) is 2.45. The molecule has 0 bridgehead atoms. The van der Waals surface area contributed by atoms with Crippen LogP contribution in [0.25, 0.3) is 17.4 Å². The molecule has 2 aromatic carbocycles. The second-order valence-corrected chi connectivity index (χ2v) is 5.34. The number of nitriles is 1. The van der Waals surface area contributed by atoms with Gasteiger partial charge in [-0.1, -0.05) is 42.5 Å². The summed E-state index contributed by atoms with van der Waals surface area (Å²) in [6.45, 7) is 0. The van der Waals surface area contributed by atoms with E-state index < -0.39 is 10.7 Å². The number of carbonyl (C=O) groups excluding carboxylic acids is 1. The zero-order valence-electron chi connectivity index (χ0n) is 13.5. The Hall–Kier alpha value is -3.98. The first-order valence-corrected chi connectivity index (χ1v) is 7.65. The van der Waals surface area contributed by atoms with Crippen molar-refractivity contribution in [2.75, 3.05) is 0 Å². The molecule has 0 aliphatic carbocycles. The summed E-state index contributed by atoms with van der Waals surface area (Å²) < 4.78 is 5.59. The van der Waals surface area contributed by atoms with Crippen LogP contribution in [-0.2, 0) is 0 Å². The van der Waals surface area contributed by atoms with Crippen LogP contribution in [-0.4, -0.2) is 10.7 Å². The number of hydrogen-bond donors (Lipinski definition) is 0. The van der Waals surface area contributed by atoms with Crippen molar-refractivity contribution in [2.45, 2.75) is 0 Å².